The highest BCUT2D eigenvalue weighted by atomic mass is 32.1. The smallest absolute Gasteiger partial charge is 0.0812 e. The van der Waals surface area contributed by atoms with E-state index in [1.807, 2.05) is 17.5 Å². The van der Waals surface area contributed by atoms with Crippen LogP contribution in [-0.4, -0.2) is 4.98 Å². The third-order valence-corrected chi connectivity index (χ3v) is 2.62. The van der Waals surface area contributed by atoms with E-state index in [-0.39, 0.29) is 0 Å². The molecule has 0 bridgehead atoms. The quantitative estimate of drug-likeness (QED) is 0.697. The van der Waals surface area contributed by atoms with E-state index in [2.05, 4.69) is 4.98 Å². The Labute approximate surface area is 68.7 Å². The van der Waals surface area contributed by atoms with Gasteiger partial charge in [-0.3, -0.25) is 4.98 Å². The number of thiophene rings is 1. The van der Waals surface area contributed by atoms with Gasteiger partial charge in [-0.1, -0.05) is 0 Å². The zero-order valence-corrected chi connectivity index (χ0v) is 6.77. The highest BCUT2D eigenvalue weighted by molar-refractivity contribution is 7.17. The molecule has 0 aromatic carbocycles. The van der Waals surface area contributed by atoms with Gasteiger partial charge in [0.2, 0.25) is 0 Å². The monoisotopic (exact) mass is 164 g/mol. The summed E-state index contributed by atoms with van der Waals surface area (Å²) in [5.74, 6) is 0. The van der Waals surface area contributed by atoms with Crippen molar-refractivity contribution in [2.75, 3.05) is 0 Å². The molecule has 2 nitrogen and oxygen atoms in total. The lowest BCUT2D eigenvalue weighted by molar-refractivity contribution is 1.08. The van der Waals surface area contributed by atoms with E-state index >= 15 is 0 Å². The van der Waals surface area contributed by atoms with Crippen molar-refractivity contribution in [2.45, 2.75) is 6.54 Å². The molecule has 0 spiro atoms. The van der Waals surface area contributed by atoms with Crippen LogP contribution in [0.3, 0.4) is 0 Å². The Morgan fingerprint density at radius 2 is 2.36 bits per heavy atom. The molecule has 2 aromatic heterocycles. The number of hydrogen-bond donors (Lipinski definition) is 1. The first-order chi connectivity index (χ1) is 5.42. The number of aromatic nitrogens is 1. The van der Waals surface area contributed by atoms with Crippen LogP contribution in [-0.2, 0) is 6.54 Å². The van der Waals surface area contributed by atoms with E-state index in [1.165, 1.54) is 10.3 Å². The average Bonchev–Trinajstić information content (AvgIpc) is 2.50. The third-order valence-electron chi connectivity index (χ3n) is 1.65. The van der Waals surface area contributed by atoms with Crippen LogP contribution >= 0.6 is 11.3 Å². The van der Waals surface area contributed by atoms with Crippen LogP contribution in [0.5, 0.6) is 0 Å². The second-order valence-corrected chi connectivity index (χ2v) is 3.23. The van der Waals surface area contributed by atoms with E-state index in [1.54, 1.807) is 17.5 Å². The summed E-state index contributed by atoms with van der Waals surface area (Å²) < 4.78 is 1.22. The van der Waals surface area contributed by atoms with Crippen LogP contribution in [0, 0.1) is 0 Å². The number of pyridine rings is 1. The predicted molar refractivity (Wildman–Crippen MR) is 47.5 cm³/mol. The van der Waals surface area contributed by atoms with Crippen LogP contribution in [0.2, 0.25) is 0 Å². The summed E-state index contributed by atoms with van der Waals surface area (Å²) in [6, 6.07) is 3.98. The van der Waals surface area contributed by atoms with Gasteiger partial charge in [0.15, 0.2) is 0 Å². The number of nitrogens with two attached hydrogens (primary N) is 1. The molecule has 3 heteroatoms. The number of fused-ring (bicyclic) bond motifs is 1. The molecule has 0 unspecified atom stereocenters. The van der Waals surface area contributed by atoms with Crippen LogP contribution < -0.4 is 5.73 Å². The van der Waals surface area contributed by atoms with Crippen LogP contribution in [0.4, 0.5) is 0 Å². The second kappa shape index (κ2) is 2.60. The molecule has 56 valence electrons. The molecule has 2 rings (SSSR count). The van der Waals surface area contributed by atoms with Gasteiger partial charge in [0, 0.05) is 12.7 Å². The van der Waals surface area contributed by atoms with Gasteiger partial charge in [0.1, 0.15) is 0 Å². The predicted octanol–water partition coefficient (Wildman–Crippen LogP) is 1.76. The fourth-order valence-electron chi connectivity index (χ4n) is 1.09. The SMILES string of the molecule is NCc1ccnc2ccsc12. The van der Waals surface area contributed by atoms with Crippen molar-refractivity contribution >= 4 is 21.6 Å². The molecule has 2 aromatic rings. The lowest BCUT2D eigenvalue weighted by Gasteiger charge is -1.95. The minimum Gasteiger partial charge on any atom is -0.326 e. The maximum atomic E-state index is 5.55. The molecule has 0 atom stereocenters. The van der Waals surface area contributed by atoms with Crippen LogP contribution in [0.15, 0.2) is 23.7 Å². The van der Waals surface area contributed by atoms with E-state index < -0.39 is 0 Å². The Bertz CT molecular complexity index is 367. The average molecular weight is 164 g/mol. The summed E-state index contributed by atoms with van der Waals surface area (Å²) in [5, 5.41) is 2.04. The first-order valence-corrected chi connectivity index (χ1v) is 4.31. The lowest BCUT2D eigenvalue weighted by Crippen LogP contribution is -1.95. The molecular weight excluding hydrogens is 156 g/mol. The minimum atomic E-state index is 0.597. The Kier molecular flexibility index (Phi) is 1.60. The van der Waals surface area contributed by atoms with Gasteiger partial charge in [-0.15, -0.1) is 11.3 Å². The summed E-state index contributed by atoms with van der Waals surface area (Å²) >= 11 is 1.70. The zero-order chi connectivity index (χ0) is 7.68. The van der Waals surface area contributed by atoms with Crippen LogP contribution in [0.25, 0.3) is 10.2 Å². The molecule has 2 heterocycles. The fraction of sp³-hybridized carbons (Fsp3) is 0.125. The van der Waals surface area contributed by atoms with Gasteiger partial charge in [-0.25, -0.2) is 0 Å². The fourth-order valence-corrected chi connectivity index (χ4v) is 1.97. The summed E-state index contributed by atoms with van der Waals surface area (Å²) in [4.78, 5) is 4.20. The molecule has 0 aliphatic heterocycles. The molecule has 11 heavy (non-hydrogen) atoms. The second-order valence-electron chi connectivity index (χ2n) is 2.31. The van der Waals surface area contributed by atoms with E-state index in [0.29, 0.717) is 6.54 Å². The zero-order valence-electron chi connectivity index (χ0n) is 5.95. The van der Waals surface area contributed by atoms with Crippen LogP contribution in [0.1, 0.15) is 5.56 Å². The van der Waals surface area contributed by atoms with Crippen molar-refractivity contribution < 1.29 is 0 Å². The van der Waals surface area contributed by atoms with Crippen molar-refractivity contribution in [3.63, 3.8) is 0 Å². The number of rotatable bonds is 1. The number of nitrogens with zero attached hydrogens (tertiary/aromatic N) is 1. The Balaban J connectivity index is 2.79. The molecule has 0 aliphatic rings. The normalized spacial score (nSPS) is 10.6. The van der Waals surface area contributed by atoms with Crippen molar-refractivity contribution in [3.05, 3.63) is 29.3 Å². The first kappa shape index (κ1) is 6.76. The van der Waals surface area contributed by atoms with Gasteiger partial charge in [-0.05, 0) is 23.1 Å². The molecule has 0 aliphatic carbocycles. The van der Waals surface area contributed by atoms with Crippen molar-refractivity contribution in [3.8, 4) is 0 Å². The Morgan fingerprint density at radius 1 is 1.45 bits per heavy atom. The molecular formula is C8H8N2S. The molecule has 0 radical (unpaired) electrons. The highest BCUT2D eigenvalue weighted by Gasteiger charge is 1.99. The van der Waals surface area contributed by atoms with Crippen molar-refractivity contribution in [1.82, 2.24) is 4.98 Å². The third kappa shape index (κ3) is 1.02. The largest absolute Gasteiger partial charge is 0.326 e. The molecule has 0 saturated carbocycles. The maximum Gasteiger partial charge on any atom is 0.0812 e. The Hall–Kier alpha value is -0.930. The standard InChI is InChI=1S/C8H8N2S/c9-5-6-1-3-10-7-2-4-11-8(6)7/h1-4H,5,9H2. The molecule has 2 N–H and O–H groups in total. The topological polar surface area (TPSA) is 38.9 Å². The maximum absolute atomic E-state index is 5.55. The van der Waals surface area contributed by atoms with Crippen molar-refractivity contribution in [1.29, 1.82) is 0 Å². The van der Waals surface area contributed by atoms with Gasteiger partial charge in [0.25, 0.3) is 0 Å². The highest BCUT2D eigenvalue weighted by Crippen LogP contribution is 2.21. The van der Waals surface area contributed by atoms with E-state index in [4.69, 9.17) is 5.73 Å². The molecule has 0 amide bonds. The van der Waals surface area contributed by atoms with E-state index in [0.717, 1.165) is 5.52 Å². The summed E-state index contributed by atoms with van der Waals surface area (Å²) in [7, 11) is 0. The van der Waals surface area contributed by atoms with Gasteiger partial charge < -0.3 is 5.73 Å². The minimum absolute atomic E-state index is 0.597. The van der Waals surface area contributed by atoms with Gasteiger partial charge in [-0.2, -0.15) is 0 Å². The molecule has 0 saturated heterocycles. The van der Waals surface area contributed by atoms with Gasteiger partial charge in [0.05, 0.1) is 10.2 Å². The lowest BCUT2D eigenvalue weighted by atomic mass is 10.2. The van der Waals surface area contributed by atoms with Gasteiger partial charge >= 0.3 is 0 Å². The summed E-state index contributed by atoms with van der Waals surface area (Å²) in [6.07, 6.45) is 1.80. The summed E-state index contributed by atoms with van der Waals surface area (Å²) in [6.45, 7) is 0.597. The van der Waals surface area contributed by atoms with Crippen molar-refractivity contribution in [2.24, 2.45) is 5.73 Å². The summed E-state index contributed by atoms with van der Waals surface area (Å²) in [5.41, 5.74) is 7.79. The number of hydrogen-bond acceptors (Lipinski definition) is 3. The molecule has 0 fully saturated rings. The first-order valence-electron chi connectivity index (χ1n) is 3.43. The Morgan fingerprint density at radius 3 is 3.18 bits per heavy atom. The van der Waals surface area contributed by atoms with E-state index in [9.17, 15) is 0 Å².